The van der Waals surface area contributed by atoms with E-state index in [1.165, 1.54) is 11.1 Å². The van der Waals surface area contributed by atoms with Crippen LogP contribution in [0.5, 0.6) is 5.75 Å². The Hall–Kier alpha value is -2.85. The molecule has 4 aliphatic rings. The summed E-state index contributed by atoms with van der Waals surface area (Å²) >= 11 is 6.44. The fourth-order valence-corrected chi connectivity index (χ4v) is 10.1. The molecule has 50 heavy (non-hydrogen) atoms. The summed E-state index contributed by atoms with van der Waals surface area (Å²) in [5.74, 6) is 0.424. The number of benzene rings is 2. The second-order valence-corrected chi connectivity index (χ2v) is 17.2. The van der Waals surface area contributed by atoms with E-state index in [4.69, 9.17) is 21.1 Å². The van der Waals surface area contributed by atoms with Gasteiger partial charge < -0.3 is 19.5 Å². The van der Waals surface area contributed by atoms with E-state index in [1.54, 1.807) is 24.3 Å². The van der Waals surface area contributed by atoms with Gasteiger partial charge in [-0.1, -0.05) is 49.2 Å². The monoisotopic (exact) mass is 724 g/mol. The highest BCUT2D eigenvalue weighted by atomic mass is 35.5. The number of allylic oxidation sites excluding steroid dienone is 2. The van der Waals surface area contributed by atoms with Gasteiger partial charge in [-0.15, -0.1) is 6.58 Å². The maximum atomic E-state index is 13.7. The third kappa shape index (κ3) is 8.27. The highest BCUT2D eigenvalue weighted by Gasteiger charge is 2.44. The number of carbonyl (C=O) groups excluding carboxylic acids is 1. The van der Waals surface area contributed by atoms with Gasteiger partial charge in [-0.3, -0.25) is 4.79 Å². The molecule has 0 bridgehead atoms. The highest BCUT2D eigenvalue weighted by Crippen LogP contribution is 2.46. The number of halogens is 1. The molecular weight excluding hydrogens is 672 g/mol. The van der Waals surface area contributed by atoms with Gasteiger partial charge in [0.2, 0.25) is 10.0 Å². The fourth-order valence-electron chi connectivity index (χ4n) is 8.45. The topological polar surface area (TPSA) is 105 Å². The highest BCUT2D eigenvalue weighted by molar-refractivity contribution is 7.90. The predicted octanol–water partition coefficient (Wildman–Crippen LogP) is 7.52. The van der Waals surface area contributed by atoms with Crippen LogP contribution in [-0.2, 0) is 26.6 Å². The van der Waals surface area contributed by atoms with E-state index >= 15 is 0 Å². The van der Waals surface area contributed by atoms with Crippen molar-refractivity contribution in [1.29, 1.82) is 0 Å². The van der Waals surface area contributed by atoms with Crippen LogP contribution in [0.2, 0.25) is 5.02 Å². The number of rotatable bonds is 14. The van der Waals surface area contributed by atoms with Gasteiger partial charge in [-0.05, 0) is 124 Å². The first kappa shape index (κ1) is 36.9. The molecule has 8 nitrogen and oxygen atoms in total. The normalized spacial score (nSPS) is 26.0. The van der Waals surface area contributed by atoms with Crippen LogP contribution in [0.15, 0.2) is 61.2 Å². The van der Waals surface area contributed by atoms with E-state index in [-0.39, 0.29) is 28.9 Å². The van der Waals surface area contributed by atoms with Crippen molar-refractivity contribution in [2.45, 2.75) is 107 Å². The van der Waals surface area contributed by atoms with Crippen molar-refractivity contribution in [1.82, 2.24) is 4.72 Å². The number of amides is 1. The van der Waals surface area contributed by atoms with Crippen LogP contribution in [0, 0.1) is 11.8 Å². The van der Waals surface area contributed by atoms with E-state index in [2.05, 4.69) is 41.3 Å². The molecule has 2 aliphatic heterocycles. The summed E-state index contributed by atoms with van der Waals surface area (Å²) in [6, 6.07) is 11.4. The molecule has 2 unspecified atom stereocenters. The van der Waals surface area contributed by atoms with E-state index in [9.17, 15) is 18.3 Å². The molecule has 0 radical (unpaired) electrons. The van der Waals surface area contributed by atoms with Crippen LogP contribution >= 0.6 is 11.6 Å². The minimum atomic E-state index is -3.99. The lowest BCUT2D eigenvalue weighted by molar-refractivity contribution is 0.0456. The molecule has 2 aromatic carbocycles. The lowest BCUT2D eigenvalue weighted by Gasteiger charge is -2.45. The third-order valence-corrected chi connectivity index (χ3v) is 13.4. The van der Waals surface area contributed by atoms with Gasteiger partial charge in [0.25, 0.3) is 5.91 Å². The zero-order chi connectivity index (χ0) is 35.3. The van der Waals surface area contributed by atoms with Gasteiger partial charge in [-0.2, -0.15) is 0 Å². The fraction of sp³-hybridized carbons (Fsp3) is 0.575. The van der Waals surface area contributed by atoms with Crippen molar-refractivity contribution >= 4 is 33.2 Å². The number of hydrogen-bond donors (Lipinski definition) is 2. The van der Waals surface area contributed by atoms with E-state index in [0.29, 0.717) is 51.3 Å². The number of aliphatic hydroxyl groups is 1. The average Bonchev–Trinajstić information content (AvgIpc) is 3.55. The van der Waals surface area contributed by atoms with Crippen LogP contribution in [-0.4, -0.2) is 63.2 Å². The number of unbranched alkanes of at least 4 members (excludes halogenated alkanes) is 1. The summed E-state index contributed by atoms with van der Waals surface area (Å²) in [7, 11) is -3.99. The molecule has 2 heterocycles. The second kappa shape index (κ2) is 16.2. The Kier molecular flexibility index (Phi) is 12.0. The standard InChI is InChI=1S/C40H53ClN2O6S/c1-3-5-7-13-37(44)34-17-14-30(34)25-43-26-40(20-8-10-28-22-31(41)16-18-35(28)40)27-49-38-19-15-29(23-36(38)43)39(45)42-50(46,47)33(12-6-4-2)24-32-11-9-21-48-32/h4,7,13,15-16,18-19,22-23,30,32-34,37,44H,2-3,5-6,8-12,14,17,20-21,24-27H2,1H3,(H,42,45)/b13-7+/t30-,32-,33?,34+,37?,40-/m0/s1. The summed E-state index contributed by atoms with van der Waals surface area (Å²) in [6.07, 6.45) is 15.0. The number of fused-ring (bicyclic) bond motifs is 3. The molecule has 1 saturated carbocycles. The molecule has 2 fully saturated rings. The lowest BCUT2D eigenvalue weighted by atomic mass is 9.68. The average molecular weight is 725 g/mol. The van der Waals surface area contributed by atoms with E-state index in [0.717, 1.165) is 68.5 Å². The first-order valence-corrected chi connectivity index (χ1v) is 20.5. The number of hydrogen-bond acceptors (Lipinski definition) is 7. The summed E-state index contributed by atoms with van der Waals surface area (Å²) in [5, 5.41) is 11.1. The van der Waals surface area contributed by atoms with Gasteiger partial charge in [0.1, 0.15) is 5.75 Å². The quantitative estimate of drug-likeness (QED) is 0.194. The molecule has 1 spiro atoms. The number of aryl methyl sites for hydroxylation is 1. The number of nitrogens with one attached hydrogen (secondary N) is 1. The number of sulfonamides is 1. The Morgan fingerprint density at radius 3 is 2.78 bits per heavy atom. The van der Waals surface area contributed by atoms with Crippen LogP contribution in [0.4, 0.5) is 5.69 Å². The number of nitrogens with zero attached hydrogens (tertiary/aromatic N) is 1. The van der Waals surface area contributed by atoms with Gasteiger partial charge in [-0.25, -0.2) is 13.1 Å². The molecule has 10 heteroatoms. The van der Waals surface area contributed by atoms with Crippen molar-refractivity contribution in [3.63, 3.8) is 0 Å². The van der Waals surface area contributed by atoms with Crippen molar-refractivity contribution in [2.24, 2.45) is 11.8 Å². The van der Waals surface area contributed by atoms with Crippen molar-refractivity contribution in [2.75, 3.05) is 31.2 Å². The Morgan fingerprint density at radius 1 is 1.18 bits per heavy atom. The van der Waals surface area contributed by atoms with Gasteiger partial charge in [0, 0.05) is 35.7 Å². The zero-order valence-electron chi connectivity index (χ0n) is 29.3. The van der Waals surface area contributed by atoms with E-state index < -0.39 is 27.3 Å². The van der Waals surface area contributed by atoms with Crippen molar-refractivity contribution < 1.29 is 27.8 Å². The van der Waals surface area contributed by atoms with Gasteiger partial charge in [0.05, 0.1) is 29.8 Å². The molecule has 6 atom stereocenters. The molecule has 272 valence electrons. The summed E-state index contributed by atoms with van der Waals surface area (Å²) < 4.78 is 42.1. The minimum absolute atomic E-state index is 0.126. The predicted molar refractivity (Wildman–Crippen MR) is 200 cm³/mol. The SMILES string of the molecule is C=CCCC(C[C@@H]1CCCO1)S(=O)(=O)NC(=O)c1ccc2c(c1)N(C[C@@H]1CC[C@H]1C(O)/C=C/CCC)C[C@@]1(CCCc3cc(Cl)ccc31)CO2. The maximum absolute atomic E-state index is 13.7. The second-order valence-electron chi connectivity index (χ2n) is 14.8. The van der Waals surface area contributed by atoms with Crippen LogP contribution < -0.4 is 14.4 Å². The Bertz CT molecular complexity index is 1660. The lowest BCUT2D eigenvalue weighted by Crippen LogP contribution is -2.49. The summed E-state index contributed by atoms with van der Waals surface area (Å²) in [6.45, 7) is 8.38. The van der Waals surface area contributed by atoms with Crippen molar-refractivity contribution in [3.05, 3.63) is 82.9 Å². The van der Waals surface area contributed by atoms with Crippen LogP contribution in [0.1, 0.15) is 99.0 Å². The molecule has 0 aromatic heterocycles. The van der Waals surface area contributed by atoms with Gasteiger partial charge in [0.15, 0.2) is 0 Å². The molecule has 2 aliphatic carbocycles. The van der Waals surface area contributed by atoms with Crippen LogP contribution in [0.25, 0.3) is 0 Å². The third-order valence-electron chi connectivity index (χ3n) is 11.4. The first-order chi connectivity index (χ1) is 24.1. The minimum Gasteiger partial charge on any atom is -0.490 e. The summed E-state index contributed by atoms with van der Waals surface area (Å²) in [5.41, 5.74) is 3.25. The number of aliphatic hydroxyl groups excluding tert-OH is 1. The molecule has 2 aromatic rings. The Labute approximate surface area is 303 Å². The largest absolute Gasteiger partial charge is 0.490 e. The molecule has 2 N–H and O–H groups in total. The van der Waals surface area contributed by atoms with Crippen LogP contribution in [0.3, 0.4) is 0 Å². The van der Waals surface area contributed by atoms with Gasteiger partial charge >= 0.3 is 0 Å². The number of anilines is 1. The zero-order valence-corrected chi connectivity index (χ0v) is 30.9. The molecular formula is C40H53ClN2O6S. The first-order valence-electron chi connectivity index (χ1n) is 18.6. The van der Waals surface area contributed by atoms with Crippen molar-refractivity contribution in [3.8, 4) is 5.75 Å². The summed E-state index contributed by atoms with van der Waals surface area (Å²) in [4.78, 5) is 16.1. The Morgan fingerprint density at radius 2 is 2.04 bits per heavy atom. The maximum Gasteiger partial charge on any atom is 0.264 e. The number of ether oxygens (including phenoxy) is 2. The molecule has 1 amide bonds. The Balaban J connectivity index is 1.29. The molecule has 6 rings (SSSR count). The molecule has 1 saturated heterocycles. The van der Waals surface area contributed by atoms with E-state index in [1.807, 2.05) is 12.1 Å². The number of carbonyl (C=O) groups is 1. The smallest absolute Gasteiger partial charge is 0.264 e.